The second-order valence-electron chi connectivity index (χ2n) is 4.28. The van der Waals surface area contributed by atoms with Crippen molar-refractivity contribution in [2.45, 2.75) is 0 Å². The van der Waals surface area contributed by atoms with Crippen molar-refractivity contribution in [3.63, 3.8) is 0 Å². The average molecular weight is 341 g/mol. The fourth-order valence-electron chi connectivity index (χ4n) is 1.76. The van der Waals surface area contributed by atoms with Gasteiger partial charge in [-0.15, -0.1) is 0 Å². The van der Waals surface area contributed by atoms with Gasteiger partial charge in [-0.05, 0) is 12.1 Å². The van der Waals surface area contributed by atoms with Crippen LogP contribution in [0.3, 0.4) is 0 Å². The average Bonchev–Trinajstić information content (AvgIpc) is 2.51. The summed E-state index contributed by atoms with van der Waals surface area (Å²) in [5.41, 5.74) is 0.938. The van der Waals surface area contributed by atoms with Gasteiger partial charge in [-0.2, -0.15) is 0 Å². The van der Waals surface area contributed by atoms with Crippen LogP contribution in [-0.2, 0) is 0 Å². The number of carbonyl (C=O) groups is 1. The van der Waals surface area contributed by atoms with E-state index in [-0.39, 0.29) is 5.02 Å². The molecule has 0 bridgehead atoms. The summed E-state index contributed by atoms with van der Waals surface area (Å²) >= 11 is 11.9. The molecular formula is C15H14Cl2N2O3. The van der Waals surface area contributed by atoms with Crippen molar-refractivity contribution in [2.75, 3.05) is 24.9 Å². The van der Waals surface area contributed by atoms with Gasteiger partial charge in [-0.1, -0.05) is 29.3 Å². The predicted octanol–water partition coefficient (Wildman–Crippen LogP) is 4.65. The molecule has 116 valence electrons. The first-order valence-corrected chi connectivity index (χ1v) is 7.04. The Kier molecular flexibility index (Phi) is 5.35. The van der Waals surface area contributed by atoms with Gasteiger partial charge < -0.3 is 20.1 Å². The molecule has 0 unspecified atom stereocenters. The molecule has 0 atom stereocenters. The number of hydrogen-bond acceptors (Lipinski definition) is 3. The molecule has 0 radical (unpaired) electrons. The maximum atomic E-state index is 12.0. The number of halogens is 2. The second-order valence-corrected chi connectivity index (χ2v) is 5.07. The van der Waals surface area contributed by atoms with Crippen molar-refractivity contribution in [1.29, 1.82) is 0 Å². The maximum Gasteiger partial charge on any atom is 0.323 e. The molecule has 2 aromatic rings. The smallest absolute Gasteiger partial charge is 0.323 e. The van der Waals surface area contributed by atoms with E-state index in [2.05, 4.69) is 10.6 Å². The van der Waals surface area contributed by atoms with Crippen LogP contribution in [0.1, 0.15) is 0 Å². The lowest BCUT2D eigenvalue weighted by Crippen LogP contribution is -2.19. The zero-order chi connectivity index (χ0) is 16.1. The van der Waals surface area contributed by atoms with Crippen LogP contribution in [0.25, 0.3) is 0 Å². The van der Waals surface area contributed by atoms with Crippen LogP contribution in [0.15, 0.2) is 36.4 Å². The molecule has 0 aromatic heterocycles. The first kappa shape index (κ1) is 16.3. The highest BCUT2D eigenvalue weighted by molar-refractivity contribution is 6.44. The molecule has 2 rings (SSSR count). The number of carbonyl (C=O) groups excluding carboxylic acids is 1. The molecule has 22 heavy (non-hydrogen) atoms. The van der Waals surface area contributed by atoms with Gasteiger partial charge in [0.1, 0.15) is 11.5 Å². The number of urea groups is 1. The monoisotopic (exact) mass is 340 g/mol. The van der Waals surface area contributed by atoms with E-state index in [4.69, 9.17) is 32.7 Å². The number of methoxy groups -OCH3 is 2. The van der Waals surface area contributed by atoms with E-state index in [1.54, 1.807) is 36.4 Å². The third-order valence-corrected chi connectivity index (χ3v) is 3.63. The number of nitrogens with one attached hydrogen (secondary N) is 2. The highest BCUT2D eigenvalue weighted by atomic mass is 35.5. The minimum absolute atomic E-state index is 0.280. The molecule has 0 fully saturated rings. The summed E-state index contributed by atoms with van der Waals surface area (Å²) in [7, 11) is 3.06. The molecule has 0 aliphatic carbocycles. The highest BCUT2D eigenvalue weighted by Crippen LogP contribution is 2.30. The number of rotatable bonds is 4. The lowest BCUT2D eigenvalue weighted by atomic mass is 10.2. The molecule has 0 aliphatic rings. The Morgan fingerprint density at radius 1 is 1.00 bits per heavy atom. The highest BCUT2D eigenvalue weighted by Gasteiger charge is 2.09. The van der Waals surface area contributed by atoms with Crippen LogP contribution in [0.5, 0.6) is 11.5 Å². The quantitative estimate of drug-likeness (QED) is 0.851. The fraction of sp³-hybridized carbons (Fsp3) is 0.133. The first-order chi connectivity index (χ1) is 10.5. The van der Waals surface area contributed by atoms with E-state index < -0.39 is 6.03 Å². The first-order valence-electron chi connectivity index (χ1n) is 6.28. The maximum absolute atomic E-state index is 12.0. The van der Waals surface area contributed by atoms with Crippen molar-refractivity contribution < 1.29 is 14.3 Å². The van der Waals surface area contributed by atoms with E-state index >= 15 is 0 Å². The summed E-state index contributed by atoms with van der Waals surface area (Å²) in [5, 5.41) is 5.94. The SMILES string of the molecule is COc1cc(NC(=O)Nc2cccc(Cl)c2Cl)cc(OC)c1. The summed E-state index contributed by atoms with van der Waals surface area (Å²) in [4.78, 5) is 12.0. The molecule has 7 heteroatoms. The number of amides is 2. The van der Waals surface area contributed by atoms with Crippen LogP contribution in [-0.4, -0.2) is 20.3 Å². The standard InChI is InChI=1S/C15H14Cl2N2O3/c1-21-10-6-9(7-11(8-10)22-2)18-15(20)19-13-5-3-4-12(16)14(13)17/h3-8H,1-2H3,(H2,18,19,20). The summed E-state index contributed by atoms with van der Waals surface area (Å²) in [6.45, 7) is 0. The zero-order valence-electron chi connectivity index (χ0n) is 11.9. The Balaban J connectivity index is 2.13. The Hall–Kier alpha value is -2.11. The van der Waals surface area contributed by atoms with Gasteiger partial charge in [0, 0.05) is 23.9 Å². The lowest BCUT2D eigenvalue weighted by Gasteiger charge is -2.12. The molecule has 2 amide bonds. The van der Waals surface area contributed by atoms with Crippen molar-refractivity contribution in [1.82, 2.24) is 0 Å². The summed E-state index contributed by atoms with van der Waals surface area (Å²) in [6, 6.07) is 9.57. The minimum atomic E-state index is -0.459. The zero-order valence-corrected chi connectivity index (χ0v) is 13.5. The third kappa shape index (κ3) is 3.96. The van der Waals surface area contributed by atoms with Gasteiger partial charge in [-0.3, -0.25) is 0 Å². The van der Waals surface area contributed by atoms with Crippen LogP contribution >= 0.6 is 23.2 Å². The molecule has 0 spiro atoms. The Labute approximate surface area is 138 Å². The predicted molar refractivity (Wildman–Crippen MR) is 88.6 cm³/mol. The van der Waals surface area contributed by atoms with Gasteiger partial charge in [0.05, 0.1) is 30.0 Å². The second kappa shape index (κ2) is 7.24. The van der Waals surface area contributed by atoms with Crippen LogP contribution in [0, 0.1) is 0 Å². The number of anilines is 2. The van der Waals surface area contributed by atoms with E-state index in [1.165, 1.54) is 14.2 Å². The molecule has 0 saturated heterocycles. The summed E-state index contributed by atoms with van der Waals surface area (Å²) in [5.74, 6) is 1.13. The number of benzene rings is 2. The van der Waals surface area contributed by atoms with Gasteiger partial charge in [-0.25, -0.2) is 4.79 Å². The van der Waals surface area contributed by atoms with Crippen LogP contribution in [0.2, 0.25) is 10.0 Å². The van der Waals surface area contributed by atoms with Crippen molar-refractivity contribution >= 4 is 40.6 Å². The third-order valence-electron chi connectivity index (χ3n) is 2.81. The molecule has 0 heterocycles. The molecular weight excluding hydrogens is 327 g/mol. The molecule has 0 aliphatic heterocycles. The van der Waals surface area contributed by atoms with Gasteiger partial charge in [0.2, 0.25) is 0 Å². The fourth-order valence-corrected chi connectivity index (χ4v) is 2.11. The molecule has 0 saturated carbocycles. The van der Waals surface area contributed by atoms with E-state index in [0.717, 1.165) is 0 Å². The van der Waals surface area contributed by atoms with Gasteiger partial charge >= 0.3 is 6.03 Å². The van der Waals surface area contributed by atoms with E-state index in [9.17, 15) is 4.79 Å². The van der Waals surface area contributed by atoms with Gasteiger partial charge in [0.15, 0.2) is 0 Å². The largest absolute Gasteiger partial charge is 0.497 e. The van der Waals surface area contributed by atoms with Crippen LogP contribution in [0.4, 0.5) is 16.2 Å². The van der Waals surface area contributed by atoms with Gasteiger partial charge in [0.25, 0.3) is 0 Å². The van der Waals surface area contributed by atoms with Crippen molar-refractivity contribution in [3.8, 4) is 11.5 Å². The lowest BCUT2D eigenvalue weighted by molar-refractivity contribution is 0.262. The number of ether oxygens (including phenoxy) is 2. The molecule has 5 nitrogen and oxygen atoms in total. The van der Waals surface area contributed by atoms with E-state index in [1.807, 2.05) is 0 Å². The minimum Gasteiger partial charge on any atom is -0.497 e. The normalized spacial score (nSPS) is 10.0. The Morgan fingerprint density at radius 3 is 2.23 bits per heavy atom. The molecule has 2 N–H and O–H groups in total. The van der Waals surface area contributed by atoms with Crippen LogP contribution < -0.4 is 20.1 Å². The summed E-state index contributed by atoms with van der Waals surface area (Å²) < 4.78 is 10.3. The topological polar surface area (TPSA) is 59.6 Å². The Bertz CT molecular complexity index is 670. The molecule has 2 aromatic carbocycles. The van der Waals surface area contributed by atoms with E-state index in [0.29, 0.717) is 27.9 Å². The summed E-state index contributed by atoms with van der Waals surface area (Å²) in [6.07, 6.45) is 0. The number of hydrogen-bond donors (Lipinski definition) is 2. The Morgan fingerprint density at radius 2 is 1.64 bits per heavy atom. The van der Waals surface area contributed by atoms with Crippen molar-refractivity contribution in [2.24, 2.45) is 0 Å². The van der Waals surface area contributed by atoms with Crippen molar-refractivity contribution in [3.05, 3.63) is 46.4 Å².